The molecule has 0 spiro atoms. The van der Waals surface area contributed by atoms with Crippen LogP contribution in [0, 0.1) is 0 Å². The molecule has 19 heavy (non-hydrogen) atoms. The third kappa shape index (κ3) is 4.89. The average molecular weight is 267 g/mol. The van der Waals surface area contributed by atoms with Gasteiger partial charge >= 0.3 is 0 Å². The lowest BCUT2D eigenvalue weighted by molar-refractivity contribution is 0.0867. The van der Waals surface area contributed by atoms with Gasteiger partial charge in [0.05, 0.1) is 13.2 Å². The van der Waals surface area contributed by atoms with Crippen molar-refractivity contribution in [1.29, 1.82) is 0 Å². The summed E-state index contributed by atoms with van der Waals surface area (Å²) in [5, 5.41) is 18.6. The molecule has 5 nitrogen and oxygen atoms in total. The number of hydrogen-bond acceptors (Lipinski definition) is 5. The van der Waals surface area contributed by atoms with Crippen molar-refractivity contribution in [1.82, 2.24) is 4.90 Å². The molecule has 0 atom stereocenters. The number of ether oxygens (including phenoxy) is 1. The highest BCUT2D eigenvalue weighted by Crippen LogP contribution is 2.25. The molecule has 0 saturated carbocycles. The molecule has 1 rings (SSSR count). The van der Waals surface area contributed by atoms with Gasteiger partial charge in [-0.1, -0.05) is 6.92 Å². The first-order valence-electron chi connectivity index (χ1n) is 6.43. The molecule has 1 aromatic carbocycles. The Balaban J connectivity index is 2.58. The fraction of sp³-hybridized carbons (Fsp3) is 0.500. The van der Waals surface area contributed by atoms with E-state index in [0.717, 1.165) is 6.54 Å². The zero-order valence-corrected chi connectivity index (χ0v) is 11.4. The number of carbonyl (C=O) groups is 1. The van der Waals surface area contributed by atoms with Gasteiger partial charge in [-0.2, -0.15) is 0 Å². The summed E-state index contributed by atoms with van der Waals surface area (Å²) in [5.41, 5.74) is 0.394. The van der Waals surface area contributed by atoms with Crippen molar-refractivity contribution in [2.24, 2.45) is 0 Å². The first-order chi connectivity index (χ1) is 9.08. The Morgan fingerprint density at radius 3 is 2.58 bits per heavy atom. The number of rotatable bonds is 8. The molecule has 0 aliphatic heterocycles. The van der Waals surface area contributed by atoms with E-state index in [4.69, 9.17) is 4.74 Å². The van der Waals surface area contributed by atoms with Gasteiger partial charge in [0.25, 0.3) is 0 Å². The summed E-state index contributed by atoms with van der Waals surface area (Å²) in [4.78, 5) is 14.0. The molecule has 1 aromatic rings. The number of aromatic hydroxyl groups is 2. The third-order valence-corrected chi connectivity index (χ3v) is 2.87. The van der Waals surface area contributed by atoms with Crippen LogP contribution in [-0.2, 0) is 4.74 Å². The molecule has 0 aliphatic rings. The Morgan fingerprint density at radius 1 is 1.26 bits per heavy atom. The van der Waals surface area contributed by atoms with Crippen molar-refractivity contribution >= 4 is 5.78 Å². The second-order valence-electron chi connectivity index (χ2n) is 4.19. The number of ketones is 1. The summed E-state index contributed by atoms with van der Waals surface area (Å²) >= 11 is 0. The fourth-order valence-electron chi connectivity index (χ4n) is 1.68. The van der Waals surface area contributed by atoms with Gasteiger partial charge in [0.1, 0.15) is 0 Å². The summed E-state index contributed by atoms with van der Waals surface area (Å²) in [6, 6.07) is 4.11. The summed E-state index contributed by atoms with van der Waals surface area (Å²) < 4.78 is 5.26. The van der Waals surface area contributed by atoms with Gasteiger partial charge in [-0.25, -0.2) is 0 Å². The van der Waals surface area contributed by atoms with E-state index in [0.29, 0.717) is 25.3 Å². The number of nitrogens with zero attached hydrogens (tertiary/aromatic N) is 1. The summed E-state index contributed by atoms with van der Waals surface area (Å²) in [7, 11) is 0. The Hall–Kier alpha value is -1.59. The molecule has 0 saturated heterocycles. The van der Waals surface area contributed by atoms with E-state index in [1.54, 1.807) is 0 Å². The monoisotopic (exact) mass is 267 g/mol. The Labute approximate surface area is 113 Å². The molecular formula is C14H21NO4. The number of likely N-dealkylation sites (N-methyl/N-ethyl adjacent to an activating group) is 1. The number of phenols is 2. The maximum atomic E-state index is 12.0. The molecule has 0 aromatic heterocycles. The van der Waals surface area contributed by atoms with Gasteiger partial charge in [-0.05, 0) is 31.7 Å². The summed E-state index contributed by atoms with van der Waals surface area (Å²) in [6.45, 7) is 6.89. The van der Waals surface area contributed by atoms with Crippen LogP contribution in [0.2, 0.25) is 0 Å². The lowest BCUT2D eigenvalue weighted by Crippen LogP contribution is -2.32. The molecular weight excluding hydrogens is 246 g/mol. The summed E-state index contributed by atoms with van der Waals surface area (Å²) in [6.07, 6.45) is 0. The molecule has 0 heterocycles. The van der Waals surface area contributed by atoms with Gasteiger partial charge < -0.3 is 14.9 Å². The molecule has 5 heteroatoms. The van der Waals surface area contributed by atoms with Crippen molar-refractivity contribution in [2.75, 3.05) is 32.8 Å². The Morgan fingerprint density at radius 2 is 2.00 bits per heavy atom. The van der Waals surface area contributed by atoms with E-state index in [-0.39, 0.29) is 23.8 Å². The van der Waals surface area contributed by atoms with Crippen LogP contribution >= 0.6 is 0 Å². The highest BCUT2D eigenvalue weighted by atomic mass is 16.5. The van der Waals surface area contributed by atoms with Crippen molar-refractivity contribution in [3.63, 3.8) is 0 Å². The van der Waals surface area contributed by atoms with Crippen molar-refractivity contribution in [3.05, 3.63) is 23.8 Å². The van der Waals surface area contributed by atoms with E-state index in [2.05, 4.69) is 0 Å². The van der Waals surface area contributed by atoms with E-state index in [1.807, 2.05) is 18.7 Å². The van der Waals surface area contributed by atoms with Crippen molar-refractivity contribution < 1.29 is 19.7 Å². The van der Waals surface area contributed by atoms with Crippen LogP contribution in [0.15, 0.2) is 18.2 Å². The van der Waals surface area contributed by atoms with E-state index in [1.165, 1.54) is 18.2 Å². The normalized spacial score (nSPS) is 10.9. The first-order valence-corrected chi connectivity index (χ1v) is 6.43. The molecule has 0 radical (unpaired) electrons. The zero-order valence-electron chi connectivity index (χ0n) is 11.4. The average Bonchev–Trinajstić information content (AvgIpc) is 2.40. The predicted molar refractivity (Wildman–Crippen MR) is 72.7 cm³/mol. The quantitative estimate of drug-likeness (QED) is 0.426. The smallest absolute Gasteiger partial charge is 0.176 e. The summed E-state index contributed by atoms with van der Waals surface area (Å²) in [5.74, 6) is -0.586. The van der Waals surface area contributed by atoms with Gasteiger partial charge in [0.2, 0.25) is 0 Å². The molecule has 106 valence electrons. The topological polar surface area (TPSA) is 70.0 Å². The van der Waals surface area contributed by atoms with Gasteiger partial charge in [0.15, 0.2) is 17.3 Å². The Bertz CT molecular complexity index is 420. The number of Topliss-reactive ketones (excluding diaryl/α,β-unsaturated/α-hetero) is 1. The lowest BCUT2D eigenvalue weighted by Gasteiger charge is -2.19. The van der Waals surface area contributed by atoms with E-state index in [9.17, 15) is 15.0 Å². The number of benzene rings is 1. The standard InChI is InChI=1S/C14H21NO4/c1-3-15(7-8-19-4-2)10-14(18)11-5-6-12(16)13(17)9-11/h5-6,9,16-17H,3-4,7-8,10H2,1-2H3. The van der Waals surface area contributed by atoms with Crippen LogP contribution in [-0.4, -0.2) is 53.7 Å². The minimum atomic E-state index is -0.275. The van der Waals surface area contributed by atoms with E-state index >= 15 is 0 Å². The SMILES string of the molecule is CCOCCN(CC)CC(=O)c1ccc(O)c(O)c1. The molecule has 0 aliphatic carbocycles. The van der Waals surface area contributed by atoms with Crippen LogP contribution < -0.4 is 0 Å². The molecule has 0 amide bonds. The number of phenolic OH excluding ortho intramolecular Hbond substituents is 2. The highest BCUT2D eigenvalue weighted by Gasteiger charge is 2.12. The van der Waals surface area contributed by atoms with Crippen molar-refractivity contribution in [2.45, 2.75) is 13.8 Å². The first kappa shape index (κ1) is 15.5. The van der Waals surface area contributed by atoms with E-state index < -0.39 is 0 Å². The number of hydrogen-bond donors (Lipinski definition) is 2. The number of carbonyl (C=O) groups excluding carboxylic acids is 1. The Kier molecular flexibility index (Phi) is 6.32. The van der Waals surface area contributed by atoms with Gasteiger partial charge in [0, 0.05) is 18.7 Å². The minimum absolute atomic E-state index is 0.0892. The van der Waals surface area contributed by atoms with Gasteiger partial charge in [-0.3, -0.25) is 9.69 Å². The fourth-order valence-corrected chi connectivity index (χ4v) is 1.68. The molecule has 2 N–H and O–H groups in total. The minimum Gasteiger partial charge on any atom is -0.504 e. The van der Waals surface area contributed by atoms with Crippen LogP contribution in [0.3, 0.4) is 0 Å². The largest absolute Gasteiger partial charge is 0.504 e. The lowest BCUT2D eigenvalue weighted by atomic mass is 10.1. The molecule has 0 unspecified atom stereocenters. The van der Waals surface area contributed by atoms with Crippen LogP contribution in [0.5, 0.6) is 11.5 Å². The molecule has 0 bridgehead atoms. The molecule has 0 fully saturated rings. The maximum Gasteiger partial charge on any atom is 0.176 e. The van der Waals surface area contributed by atoms with Crippen LogP contribution in [0.1, 0.15) is 24.2 Å². The van der Waals surface area contributed by atoms with Crippen molar-refractivity contribution in [3.8, 4) is 11.5 Å². The third-order valence-electron chi connectivity index (χ3n) is 2.87. The highest BCUT2D eigenvalue weighted by molar-refractivity contribution is 5.98. The second kappa shape index (κ2) is 7.76. The van der Waals surface area contributed by atoms with Gasteiger partial charge in [-0.15, -0.1) is 0 Å². The predicted octanol–water partition coefficient (Wildman–Crippen LogP) is 1.64. The maximum absolute atomic E-state index is 12.0. The second-order valence-corrected chi connectivity index (χ2v) is 4.19. The zero-order chi connectivity index (χ0) is 14.3. The van der Waals surface area contributed by atoms with Crippen LogP contribution in [0.4, 0.5) is 0 Å². The van der Waals surface area contributed by atoms with Crippen LogP contribution in [0.25, 0.3) is 0 Å².